The normalized spacial score (nSPS) is 19.3. The van der Waals surface area contributed by atoms with Crippen molar-refractivity contribution < 1.29 is 49.3 Å². The number of esters is 1. The fraction of sp³-hybridized carbons (Fsp3) is 0.877. The molecule has 1 amide bonds. The number of carbonyl (C=O) groups excluding carboxylic acids is 2. The summed E-state index contributed by atoms with van der Waals surface area (Å²) in [6.07, 6.45) is 53.2. The molecule has 0 aliphatic carbocycles. The van der Waals surface area contributed by atoms with E-state index >= 15 is 0 Å². The van der Waals surface area contributed by atoms with Crippen molar-refractivity contribution in [2.75, 3.05) is 13.2 Å². The molecular weight excluding hydrogens is 955 g/mol. The summed E-state index contributed by atoms with van der Waals surface area (Å²) in [7, 11) is 0. The van der Waals surface area contributed by atoms with E-state index in [2.05, 4.69) is 50.4 Å². The van der Waals surface area contributed by atoms with Crippen molar-refractivity contribution in [3.05, 3.63) is 36.5 Å². The number of allylic oxidation sites excluding steroid dienone is 5. The number of unbranched alkanes of at least 4 members (excludes halogenated alkanes) is 37. The number of aliphatic hydroxyl groups is 5. The maximum absolute atomic E-state index is 13.4. The number of hydrogen-bond donors (Lipinski definition) is 6. The summed E-state index contributed by atoms with van der Waals surface area (Å²) in [5.41, 5.74) is 0. The Morgan fingerprint density at radius 2 is 0.908 bits per heavy atom. The SMILES string of the molecule is CCCCC/C=C\C/C=C\CCCCCCCCCCCCC(O)C(=O)NC(COC1OC(CO)C(O)C(O)C1OC(=O)CCCCCCCCCCCCCCCCC)C(O)/C=C/CCCCCCCCCCCC. The van der Waals surface area contributed by atoms with Gasteiger partial charge in [-0.05, 0) is 57.8 Å². The number of ether oxygens (including phenoxy) is 3. The van der Waals surface area contributed by atoms with Gasteiger partial charge in [0, 0.05) is 6.42 Å². The van der Waals surface area contributed by atoms with Gasteiger partial charge in [0.15, 0.2) is 12.4 Å². The van der Waals surface area contributed by atoms with Gasteiger partial charge in [-0.3, -0.25) is 9.59 Å². The first kappa shape index (κ1) is 71.9. The van der Waals surface area contributed by atoms with Crippen LogP contribution in [0.4, 0.5) is 0 Å². The topological polar surface area (TPSA) is 175 Å². The molecule has 1 aliphatic heterocycles. The Bertz CT molecular complexity index is 1380. The van der Waals surface area contributed by atoms with E-state index in [-0.39, 0.29) is 13.0 Å². The lowest BCUT2D eigenvalue weighted by atomic mass is 9.99. The van der Waals surface area contributed by atoms with Gasteiger partial charge in [0.2, 0.25) is 5.91 Å². The molecule has 0 aromatic heterocycles. The zero-order valence-corrected chi connectivity index (χ0v) is 49.4. The summed E-state index contributed by atoms with van der Waals surface area (Å²) >= 11 is 0. The molecule has 0 saturated carbocycles. The van der Waals surface area contributed by atoms with Crippen molar-refractivity contribution in [3.63, 3.8) is 0 Å². The highest BCUT2D eigenvalue weighted by Gasteiger charge is 2.47. The molecule has 1 aliphatic rings. The largest absolute Gasteiger partial charge is 0.454 e. The monoisotopic (exact) mass is 1080 g/mol. The Labute approximate surface area is 466 Å². The van der Waals surface area contributed by atoms with Crippen molar-refractivity contribution in [2.24, 2.45) is 0 Å². The van der Waals surface area contributed by atoms with Gasteiger partial charge in [-0.25, -0.2) is 0 Å². The second kappa shape index (κ2) is 53.5. The third-order valence-corrected chi connectivity index (χ3v) is 15.3. The van der Waals surface area contributed by atoms with Crippen LogP contribution in [0.3, 0.4) is 0 Å². The molecular formula is C65H121NO10. The molecule has 1 fully saturated rings. The zero-order valence-electron chi connectivity index (χ0n) is 49.4. The Hall–Kier alpha value is -2.12. The minimum absolute atomic E-state index is 0.128. The molecule has 0 radical (unpaired) electrons. The predicted molar refractivity (Wildman–Crippen MR) is 315 cm³/mol. The van der Waals surface area contributed by atoms with Crippen LogP contribution in [0.15, 0.2) is 36.5 Å². The Morgan fingerprint density at radius 1 is 0.513 bits per heavy atom. The van der Waals surface area contributed by atoms with Crippen molar-refractivity contribution in [1.82, 2.24) is 5.32 Å². The maximum atomic E-state index is 13.4. The van der Waals surface area contributed by atoms with Crippen LogP contribution in [0.25, 0.3) is 0 Å². The molecule has 11 heteroatoms. The molecule has 8 atom stereocenters. The van der Waals surface area contributed by atoms with Crippen LogP contribution >= 0.6 is 0 Å². The van der Waals surface area contributed by atoms with Crippen LogP contribution in [0.1, 0.15) is 303 Å². The van der Waals surface area contributed by atoms with Gasteiger partial charge >= 0.3 is 5.97 Å². The van der Waals surface area contributed by atoms with Crippen molar-refractivity contribution in [1.29, 1.82) is 0 Å². The van der Waals surface area contributed by atoms with Gasteiger partial charge in [-0.2, -0.15) is 0 Å². The van der Waals surface area contributed by atoms with Crippen LogP contribution in [-0.4, -0.2) is 99.6 Å². The first-order valence-corrected chi connectivity index (χ1v) is 32.3. The second-order valence-corrected chi connectivity index (χ2v) is 22.5. The fourth-order valence-corrected chi connectivity index (χ4v) is 10.2. The molecule has 0 bridgehead atoms. The molecule has 8 unspecified atom stereocenters. The highest BCUT2D eigenvalue weighted by atomic mass is 16.7. The van der Waals surface area contributed by atoms with Crippen molar-refractivity contribution in [2.45, 2.75) is 352 Å². The highest BCUT2D eigenvalue weighted by molar-refractivity contribution is 5.80. The number of aliphatic hydroxyl groups excluding tert-OH is 5. The van der Waals surface area contributed by atoms with Gasteiger partial charge in [-0.15, -0.1) is 0 Å². The van der Waals surface area contributed by atoms with Crippen LogP contribution in [0, 0.1) is 0 Å². The highest BCUT2D eigenvalue weighted by Crippen LogP contribution is 2.26. The summed E-state index contributed by atoms with van der Waals surface area (Å²) in [4.78, 5) is 26.6. The minimum Gasteiger partial charge on any atom is -0.454 e. The van der Waals surface area contributed by atoms with E-state index in [1.165, 1.54) is 186 Å². The van der Waals surface area contributed by atoms with E-state index in [9.17, 15) is 35.1 Å². The number of rotatable bonds is 55. The Kier molecular flexibility index (Phi) is 50.6. The van der Waals surface area contributed by atoms with E-state index in [4.69, 9.17) is 14.2 Å². The van der Waals surface area contributed by atoms with E-state index in [0.717, 1.165) is 70.6 Å². The van der Waals surface area contributed by atoms with Crippen LogP contribution in [-0.2, 0) is 23.8 Å². The van der Waals surface area contributed by atoms with Crippen LogP contribution in [0.5, 0.6) is 0 Å². The molecule has 0 aromatic carbocycles. The number of nitrogens with one attached hydrogen (secondary N) is 1. The summed E-state index contributed by atoms with van der Waals surface area (Å²) in [5, 5.41) is 57.0. The summed E-state index contributed by atoms with van der Waals surface area (Å²) in [6.45, 7) is 5.79. The maximum Gasteiger partial charge on any atom is 0.306 e. The van der Waals surface area contributed by atoms with E-state index < -0.39 is 67.4 Å². The standard InChI is InChI=1S/C65H121NO10/c1-4-7-10-13-16-19-22-25-27-28-29-30-31-33-34-37-40-43-46-49-52-58(69)64(73)66-56(57(68)51-48-45-42-39-36-24-21-18-15-12-9-6-3)55-74-65-63(62(72)61(71)59(54-67)75-65)76-60(70)53-50-47-44-41-38-35-32-26-23-20-17-14-11-8-5-2/h16,19,25,27,48,51,56-59,61-63,65,67-69,71-72H,4-15,17-18,20-24,26,28-47,49-50,52-55H2,1-3H3,(H,66,73)/b19-16-,27-25-,51-48+. The van der Waals surface area contributed by atoms with E-state index in [1.54, 1.807) is 6.08 Å². The van der Waals surface area contributed by atoms with Gasteiger partial charge in [0.05, 0.1) is 25.4 Å². The lowest BCUT2D eigenvalue weighted by Gasteiger charge is -2.41. The molecule has 1 rings (SSSR count). The predicted octanol–water partition coefficient (Wildman–Crippen LogP) is 15.5. The minimum atomic E-state index is -1.61. The van der Waals surface area contributed by atoms with Gasteiger partial charge in [0.25, 0.3) is 0 Å². The number of carbonyl (C=O) groups is 2. The summed E-state index contributed by atoms with van der Waals surface area (Å²) < 4.78 is 17.6. The van der Waals surface area contributed by atoms with E-state index in [1.807, 2.05) is 6.08 Å². The number of hydrogen-bond acceptors (Lipinski definition) is 10. The zero-order chi connectivity index (χ0) is 55.4. The molecule has 446 valence electrons. The van der Waals surface area contributed by atoms with Gasteiger partial charge < -0.3 is 45.1 Å². The van der Waals surface area contributed by atoms with Crippen LogP contribution < -0.4 is 5.32 Å². The molecule has 0 spiro atoms. The lowest BCUT2D eigenvalue weighted by molar-refractivity contribution is -0.305. The summed E-state index contributed by atoms with van der Waals surface area (Å²) in [6, 6.07) is -1.02. The first-order valence-electron chi connectivity index (χ1n) is 32.3. The van der Waals surface area contributed by atoms with Crippen molar-refractivity contribution >= 4 is 11.9 Å². The fourth-order valence-electron chi connectivity index (χ4n) is 10.2. The van der Waals surface area contributed by atoms with Gasteiger partial charge in [-0.1, -0.05) is 276 Å². The molecule has 76 heavy (non-hydrogen) atoms. The van der Waals surface area contributed by atoms with Crippen LogP contribution in [0.2, 0.25) is 0 Å². The average Bonchev–Trinajstić information content (AvgIpc) is 3.42. The molecule has 1 heterocycles. The quantitative estimate of drug-likeness (QED) is 0.0195. The third-order valence-electron chi connectivity index (χ3n) is 15.3. The first-order chi connectivity index (χ1) is 37.2. The van der Waals surface area contributed by atoms with Crippen molar-refractivity contribution in [3.8, 4) is 0 Å². The average molecular weight is 1080 g/mol. The molecule has 1 saturated heterocycles. The Morgan fingerprint density at radius 3 is 1.37 bits per heavy atom. The summed E-state index contributed by atoms with van der Waals surface area (Å²) in [5.74, 6) is -1.18. The smallest absolute Gasteiger partial charge is 0.306 e. The third kappa shape index (κ3) is 41.0. The second-order valence-electron chi connectivity index (χ2n) is 22.5. The molecule has 11 nitrogen and oxygen atoms in total. The number of amides is 1. The van der Waals surface area contributed by atoms with E-state index in [0.29, 0.717) is 19.3 Å². The van der Waals surface area contributed by atoms with Gasteiger partial charge in [0.1, 0.15) is 24.4 Å². The lowest BCUT2D eigenvalue weighted by Crippen LogP contribution is -2.61. The molecule has 0 aromatic rings. The molecule has 6 N–H and O–H groups in total. The Balaban J connectivity index is 2.65.